The Bertz CT molecular complexity index is 1610. The van der Waals surface area contributed by atoms with Crippen LogP contribution in [-0.4, -0.2) is 71.3 Å². The van der Waals surface area contributed by atoms with Gasteiger partial charge < -0.3 is 30.7 Å². The van der Waals surface area contributed by atoms with Crippen LogP contribution in [0.4, 0.5) is 0 Å². The SMILES string of the molecule is CC(C)C1=C2[C@H]3CC[C@@H]4[C@@]5(C)CC[C@H](OC(=O)[C@H]6C[C@@H](C(=O)O)C6(C)C)C(C)(C)[C@@H]5CC[C@@]4(C)[C@]3(C)CC[C@@]2([C@@H](O)CNC(=O)C2(N)COC2)CC1=O. The number of ketones is 1. The van der Waals surface area contributed by atoms with E-state index in [4.69, 9.17) is 15.2 Å². The van der Waals surface area contributed by atoms with Crippen molar-refractivity contribution in [2.45, 2.75) is 144 Å². The number of hydrogen-bond acceptors (Lipinski definition) is 8. The van der Waals surface area contributed by atoms with Gasteiger partial charge in [-0.1, -0.05) is 67.9 Å². The highest BCUT2D eigenvalue weighted by Gasteiger charge is 2.71. The van der Waals surface area contributed by atoms with E-state index < -0.39 is 40.3 Å². The number of esters is 1. The standard InChI is InChI=1S/C43H66N2O8/c1-23(2)32-27(46)19-42(30(47)20-45-36(51)43(44)21-52-22-43)17-16-40(8)24(33(32)42)10-11-29-39(7)14-13-31(38(5,6)28(39)12-15-41(29,40)9)53-35(50)26-18-25(34(48)49)37(26,3)4/h23-26,28-31,47H,10-22,44H2,1-9H3,(H,45,51)(H,48,49)/t24-,25+,26-,28+,29-,30+,31+,39+,40-,41-,42+/m1/s1. The average Bonchev–Trinajstić information content (AvgIpc) is 3.36. The topological polar surface area (TPSA) is 165 Å². The molecule has 0 aromatic carbocycles. The molecular formula is C43H66N2O8. The molecule has 1 heterocycles. The Morgan fingerprint density at radius 3 is 2.15 bits per heavy atom. The molecule has 6 aliphatic carbocycles. The third kappa shape index (κ3) is 5.25. The van der Waals surface area contributed by atoms with Crippen molar-refractivity contribution in [3.05, 3.63) is 11.1 Å². The maximum atomic E-state index is 14.0. The third-order valence-electron chi connectivity index (χ3n) is 17.8. The fraction of sp³-hybridized carbons (Fsp3) is 0.860. The van der Waals surface area contributed by atoms with E-state index in [1.165, 1.54) is 5.57 Å². The number of carboxylic acid groups (broad SMARTS) is 1. The lowest BCUT2D eigenvalue weighted by Crippen LogP contribution is -2.68. The Balaban J connectivity index is 1.14. The molecular weight excluding hydrogens is 672 g/mol. The first-order valence-electron chi connectivity index (χ1n) is 20.6. The number of aliphatic hydroxyl groups excluding tert-OH is 1. The molecule has 7 rings (SSSR count). The normalized spacial score (nSPS) is 44.0. The van der Waals surface area contributed by atoms with Crippen LogP contribution in [0.15, 0.2) is 11.1 Å². The van der Waals surface area contributed by atoms with Crippen molar-refractivity contribution in [2.24, 2.45) is 73.7 Å². The van der Waals surface area contributed by atoms with Gasteiger partial charge in [0.05, 0.1) is 31.2 Å². The van der Waals surface area contributed by atoms with Gasteiger partial charge in [-0.2, -0.15) is 0 Å². The lowest BCUT2D eigenvalue weighted by Gasteiger charge is -2.72. The van der Waals surface area contributed by atoms with Crippen molar-refractivity contribution in [3.8, 4) is 0 Å². The lowest BCUT2D eigenvalue weighted by molar-refractivity contribution is -0.238. The minimum Gasteiger partial charge on any atom is -0.481 e. The summed E-state index contributed by atoms with van der Waals surface area (Å²) in [5.41, 5.74) is 5.64. The first kappa shape index (κ1) is 39.0. The summed E-state index contributed by atoms with van der Waals surface area (Å²) in [5, 5.41) is 24.6. The van der Waals surface area contributed by atoms with Crippen LogP contribution in [0, 0.1) is 68.0 Å². The average molecular weight is 739 g/mol. The molecule has 0 spiro atoms. The number of fused-ring (bicyclic) bond motifs is 7. The van der Waals surface area contributed by atoms with Crippen molar-refractivity contribution < 1.29 is 38.9 Å². The van der Waals surface area contributed by atoms with Gasteiger partial charge in [0.25, 0.3) is 0 Å². The van der Waals surface area contributed by atoms with E-state index in [0.717, 1.165) is 50.5 Å². The number of amides is 1. The van der Waals surface area contributed by atoms with E-state index in [9.17, 15) is 29.4 Å². The van der Waals surface area contributed by atoms with Crippen LogP contribution in [-0.2, 0) is 28.7 Å². The Morgan fingerprint density at radius 2 is 1.57 bits per heavy atom. The van der Waals surface area contributed by atoms with Crippen LogP contribution in [0.2, 0.25) is 0 Å². The second kappa shape index (κ2) is 12.3. The zero-order valence-corrected chi connectivity index (χ0v) is 33.7. The Labute approximate surface area is 316 Å². The van der Waals surface area contributed by atoms with Gasteiger partial charge in [-0.3, -0.25) is 19.2 Å². The van der Waals surface area contributed by atoms with Crippen molar-refractivity contribution >= 4 is 23.6 Å². The lowest BCUT2D eigenvalue weighted by atomic mass is 9.33. The fourth-order valence-corrected chi connectivity index (χ4v) is 14.3. The van der Waals surface area contributed by atoms with Crippen LogP contribution in [0.25, 0.3) is 0 Å². The van der Waals surface area contributed by atoms with Crippen molar-refractivity contribution in [1.82, 2.24) is 5.32 Å². The van der Waals surface area contributed by atoms with Gasteiger partial charge in [0.1, 0.15) is 11.6 Å². The van der Waals surface area contributed by atoms with E-state index >= 15 is 0 Å². The molecule has 0 radical (unpaired) electrons. The molecule has 0 aromatic rings. The maximum absolute atomic E-state index is 14.0. The second-order valence-electron chi connectivity index (χ2n) is 21.0. The number of nitrogens with one attached hydrogen (secondary N) is 1. The zero-order valence-electron chi connectivity index (χ0n) is 33.7. The number of rotatable bonds is 8. The summed E-state index contributed by atoms with van der Waals surface area (Å²) in [6, 6.07) is 0. The van der Waals surface area contributed by atoms with Gasteiger partial charge in [0.2, 0.25) is 5.91 Å². The van der Waals surface area contributed by atoms with Gasteiger partial charge in [-0.05, 0) is 109 Å². The smallest absolute Gasteiger partial charge is 0.309 e. The number of Topliss-reactive ketones (excluding diaryl/α,β-unsaturated/α-hetero) is 1. The number of carbonyl (C=O) groups is 4. The van der Waals surface area contributed by atoms with Gasteiger partial charge in [0.15, 0.2) is 5.78 Å². The van der Waals surface area contributed by atoms with E-state index in [-0.39, 0.29) is 77.0 Å². The van der Waals surface area contributed by atoms with E-state index in [1.54, 1.807) is 0 Å². The summed E-state index contributed by atoms with van der Waals surface area (Å²) in [6.07, 6.45) is 6.99. The molecule has 7 aliphatic rings. The van der Waals surface area contributed by atoms with Crippen molar-refractivity contribution in [2.75, 3.05) is 19.8 Å². The molecule has 0 aromatic heterocycles. The number of carbonyl (C=O) groups excluding carboxylic acids is 3. The Kier molecular flexibility index (Phi) is 9.08. The van der Waals surface area contributed by atoms with Crippen molar-refractivity contribution in [3.63, 3.8) is 0 Å². The highest BCUT2D eigenvalue weighted by molar-refractivity contribution is 6.01. The molecule has 6 fully saturated rings. The molecule has 1 aliphatic heterocycles. The molecule has 53 heavy (non-hydrogen) atoms. The zero-order chi connectivity index (χ0) is 38.9. The molecule has 5 N–H and O–H groups in total. The van der Waals surface area contributed by atoms with Crippen LogP contribution < -0.4 is 11.1 Å². The second-order valence-corrected chi connectivity index (χ2v) is 21.0. The van der Waals surface area contributed by atoms with Gasteiger partial charge in [0, 0.05) is 23.8 Å². The Hall–Kier alpha value is -2.30. The maximum Gasteiger partial charge on any atom is 0.309 e. The molecule has 296 valence electrons. The summed E-state index contributed by atoms with van der Waals surface area (Å²) >= 11 is 0. The van der Waals surface area contributed by atoms with Crippen LogP contribution in [0.5, 0.6) is 0 Å². The predicted octanol–water partition coefficient (Wildman–Crippen LogP) is 5.83. The molecule has 0 unspecified atom stereocenters. The van der Waals surface area contributed by atoms with Gasteiger partial charge in [-0.25, -0.2) is 0 Å². The monoisotopic (exact) mass is 738 g/mol. The van der Waals surface area contributed by atoms with Gasteiger partial charge >= 0.3 is 11.9 Å². The summed E-state index contributed by atoms with van der Waals surface area (Å²) in [6.45, 7) is 20.4. The first-order valence-corrected chi connectivity index (χ1v) is 20.6. The molecule has 10 nitrogen and oxygen atoms in total. The number of aliphatic hydroxyl groups is 1. The van der Waals surface area contributed by atoms with E-state index in [0.29, 0.717) is 31.1 Å². The molecule has 11 atom stereocenters. The summed E-state index contributed by atoms with van der Waals surface area (Å²) in [4.78, 5) is 52.3. The quantitative estimate of drug-likeness (QED) is 0.224. The number of ether oxygens (including phenoxy) is 2. The molecule has 5 saturated carbocycles. The van der Waals surface area contributed by atoms with Crippen LogP contribution in [0.1, 0.15) is 127 Å². The summed E-state index contributed by atoms with van der Waals surface area (Å²) in [7, 11) is 0. The summed E-state index contributed by atoms with van der Waals surface area (Å²) < 4.78 is 11.6. The molecule has 1 saturated heterocycles. The number of carboxylic acids is 1. The first-order chi connectivity index (χ1) is 24.5. The molecule has 10 heteroatoms. The van der Waals surface area contributed by atoms with E-state index in [1.807, 2.05) is 13.8 Å². The minimum atomic E-state index is -1.06. The van der Waals surface area contributed by atoms with Crippen LogP contribution >= 0.6 is 0 Å². The van der Waals surface area contributed by atoms with E-state index in [2.05, 4.69) is 53.8 Å². The number of aliphatic carboxylic acids is 1. The molecule has 1 amide bonds. The Morgan fingerprint density at radius 1 is 0.887 bits per heavy atom. The number of hydrogen-bond donors (Lipinski definition) is 4. The van der Waals surface area contributed by atoms with Crippen LogP contribution in [0.3, 0.4) is 0 Å². The van der Waals surface area contributed by atoms with Gasteiger partial charge in [-0.15, -0.1) is 0 Å². The molecule has 0 bridgehead atoms. The predicted molar refractivity (Wildman–Crippen MR) is 199 cm³/mol. The highest BCUT2D eigenvalue weighted by Crippen LogP contribution is 2.77. The largest absolute Gasteiger partial charge is 0.481 e. The fourth-order valence-electron chi connectivity index (χ4n) is 14.3. The minimum absolute atomic E-state index is 0.00473. The number of nitrogens with two attached hydrogens (primary N) is 1. The summed E-state index contributed by atoms with van der Waals surface area (Å²) in [5.74, 6) is -1.15. The third-order valence-corrected chi connectivity index (χ3v) is 17.8. The number of allylic oxidation sites excluding steroid dienone is 1. The van der Waals surface area contributed by atoms with Crippen molar-refractivity contribution in [1.29, 1.82) is 0 Å². The highest BCUT2D eigenvalue weighted by atomic mass is 16.5.